The molecule has 0 bridgehead atoms. The number of hydrogen-bond donors (Lipinski definition) is 2. The molecular weight excluding hydrogens is 426 g/mol. The summed E-state index contributed by atoms with van der Waals surface area (Å²) < 4.78 is 12.9. The second kappa shape index (κ2) is 13.4. The Morgan fingerprint density at radius 2 is 1.84 bits per heavy atom. The Kier molecular flexibility index (Phi) is 10.5. The molecule has 2 atom stereocenters. The highest BCUT2D eigenvalue weighted by Gasteiger charge is 2.18. The molecule has 2 aromatic rings. The Hall–Kier alpha value is -1.22. The fourth-order valence-electron chi connectivity index (χ4n) is 4.01. The van der Waals surface area contributed by atoms with Crippen LogP contribution in [0.15, 0.2) is 42.5 Å². The van der Waals surface area contributed by atoms with Crippen molar-refractivity contribution in [1.29, 1.82) is 0 Å². The first-order valence-electron chi connectivity index (χ1n) is 11.2. The number of aliphatic hydroxyl groups is 1. The summed E-state index contributed by atoms with van der Waals surface area (Å²) in [5.41, 5.74) is 5.01. The molecule has 2 heterocycles. The highest BCUT2D eigenvalue weighted by atomic mass is 31.0. The molecule has 2 unspecified atom stereocenters. The fourth-order valence-corrected chi connectivity index (χ4v) is 4.47. The van der Waals surface area contributed by atoms with E-state index in [1.807, 2.05) is 12.1 Å². The normalized spacial score (nSPS) is 16.6. The van der Waals surface area contributed by atoms with E-state index in [-0.39, 0.29) is 6.61 Å². The lowest BCUT2D eigenvalue weighted by Gasteiger charge is -2.29. The third-order valence-electron chi connectivity index (χ3n) is 5.85. The minimum Gasteiger partial charge on any atom is -0.494 e. The van der Waals surface area contributed by atoms with Crippen LogP contribution in [0.4, 0.5) is 5.69 Å². The summed E-state index contributed by atoms with van der Waals surface area (Å²) in [6.45, 7) is 4.96. The molecule has 2 aromatic carbocycles. The van der Waals surface area contributed by atoms with Crippen LogP contribution in [0.2, 0.25) is 0 Å². The number of aryl methyl sites for hydroxylation is 1. The van der Waals surface area contributed by atoms with Crippen molar-refractivity contribution in [2.24, 2.45) is 0 Å². The predicted molar refractivity (Wildman–Crippen MR) is 135 cm³/mol. The molecule has 0 saturated carbocycles. The number of nitrogens with one attached hydrogen (secondary N) is 1. The highest BCUT2D eigenvalue weighted by Crippen LogP contribution is 2.30. The van der Waals surface area contributed by atoms with Crippen molar-refractivity contribution in [2.45, 2.75) is 44.6 Å². The molecule has 5 nitrogen and oxygen atoms in total. The molecule has 0 spiro atoms. The van der Waals surface area contributed by atoms with Crippen LogP contribution >= 0.6 is 18.9 Å². The van der Waals surface area contributed by atoms with Crippen LogP contribution in [-0.4, -0.2) is 42.6 Å². The summed E-state index contributed by atoms with van der Waals surface area (Å²) in [6, 6.07) is 14.7. The van der Waals surface area contributed by atoms with Crippen LogP contribution in [0, 0.1) is 0 Å². The van der Waals surface area contributed by atoms with E-state index >= 15 is 0 Å². The maximum Gasteiger partial charge on any atom is 0.119 e. The van der Waals surface area contributed by atoms with E-state index in [9.17, 15) is 0 Å². The van der Waals surface area contributed by atoms with Crippen LogP contribution in [0.1, 0.15) is 48.3 Å². The van der Waals surface area contributed by atoms with Crippen molar-refractivity contribution in [2.75, 3.05) is 38.2 Å². The van der Waals surface area contributed by atoms with E-state index in [0.29, 0.717) is 12.5 Å². The van der Waals surface area contributed by atoms with Gasteiger partial charge in [-0.3, -0.25) is 4.67 Å². The van der Waals surface area contributed by atoms with Gasteiger partial charge >= 0.3 is 0 Å². The van der Waals surface area contributed by atoms with Crippen LogP contribution < -0.4 is 10.1 Å². The van der Waals surface area contributed by atoms with Gasteiger partial charge in [-0.15, -0.1) is 0 Å². The van der Waals surface area contributed by atoms with Crippen LogP contribution in [0.25, 0.3) is 0 Å². The van der Waals surface area contributed by atoms with E-state index in [1.54, 1.807) is 0 Å². The SMILES string of the molecule is OCc1ccc2c(c1)NCCC2.POCCCOc1ccc(C2CCN(P)CC2)cc1. The van der Waals surface area contributed by atoms with Gasteiger partial charge in [-0.2, -0.15) is 0 Å². The van der Waals surface area contributed by atoms with Gasteiger partial charge in [0, 0.05) is 41.2 Å². The summed E-state index contributed by atoms with van der Waals surface area (Å²) in [5.74, 6) is 1.66. The summed E-state index contributed by atoms with van der Waals surface area (Å²) in [7, 11) is 5.05. The van der Waals surface area contributed by atoms with Gasteiger partial charge in [0.05, 0.1) is 19.8 Å². The molecule has 0 aromatic heterocycles. The van der Waals surface area contributed by atoms with Crippen molar-refractivity contribution < 1.29 is 14.4 Å². The number of benzene rings is 2. The molecular formula is C24H36N2O3P2. The van der Waals surface area contributed by atoms with Crippen LogP contribution in [-0.2, 0) is 17.6 Å². The predicted octanol–water partition coefficient (Wildman–Crippen LogP) is 4.77. The third kappa shape index (κ3) is 8.00. The first-order valence-corrected chi connectivity index (χ1v) is 12.2. The summed E-state index contributed by atoms with van der Waals surface area (Å²) >= 11 is 0. The number of hydrogen-bond acceptors (Lipinski definition) is 5. The molecule has 2 aliphatic heterocycles. The van der Waals surface area contributed by atoms with Crippen LogP contribution in [0.3, 0.4) is 0 Å². The van der Waals surface area contributed by atoms with E-state index < -0.39 is 0 Å². The molecule has 2 aliphatic rings. The quantitative estimate of drug-likeness (QED) is 0.459. The lowest BCUT2D eigenvalue weighted by atomic mass is 9.90. The van der Waals surface area contributed by atoms with Crippen molar-refractivity contribution >= 4 is 24.5 Å². The number of rotatable bonds is 7. The third-order valence-corrected chi connectivity index (χ3v) is 6.60. The smallest absolute Gasteiger partial charge is 0.119 e. The van der Waals surface area contributed by atoms with Gasteiger partial charge in [0.15, 0.2) is 0 Å². The van der Waals surface area contributed by atoms with E-state index in [4.69, 9.17) is 14.4 Å². The molecule has 0 aliphatic carbocycles. The zero-order valence-corrected chi connectivity index (χ0v) is 20.6. The molecule has 170 valence electrons. The molecule has 31 heavy (non-hydrogen) atoms. The van der Waals surface area contributed by atoms with E-state index in [0.717, 1.165) is 37.3 Å². The van der Waals surface area contributed by atoms with Gasteiger partial charge in [0.2, 0.25) is 0 Å². The number of nitrogens with zero attached hydrogens (tertiary/aromatic N) is 1. The minimum absolute atomic E-state index is 0.134. The summed E-state index contributed by atoms with van der Waals surface area (Å²) in [5, 5.41) is 12.2. The summed E-state index contributed by atoms with van der Waals surface area (Å²) in [6.07, 6.45) is 5.78. The van der Waals surface area contributed by atoms with Crippen molar-refractivity contribution in [3.05, 3.63) is 59.2 Å². The number of fused-ring (bicyclic) bond motifs is 1. The second-order valence-electron chi connectivity index (χ2n) is 8.13. The Morgan fingerprint density at radius 3 is 2.55 bits per heavy atom. The van der Waals surface area contributed by atoms with Gasteiger partial charge in [-0.25, -0.2) is 0 Å². The maximum atomic E-state index is 8.91. The average molecular weight is 463 g/mol. The first kappa shape index (κ1) is 24.4. The monoisotopic (exact) mass is 462 g/mol. The molecule has 4 rings (SSSR count). The largest absolute Gasteiger partial charge is 0.494 e. The molecule has 0 radical (unpaired) electrons. The number of anilines is 1. The van der Waals surface area contributed by atoms with E-state index in [1.165, 1.54) is 49.2 Å². The number of ether oxygens (including phenoxy) is 1. The standard InChI is InChI=1S/C14H23NO2P2.C10H13NO/c18-15-8-6-13(7-9-15)12-2-4-14(5-3-12)16-10-1-11-17-19;12-7-8-3-4-9-2-1-5-11-10(9)6-8/h2-5,13H,1,6-11,18-19H2;3-4,6,11-12H,1-2,5,7H2. The van der Waals surface area contributed by atoms with Gasteiger partial charge in [-0.1, -0.05) is 33.7 Å². The zero-order chi connectivity index (χ0) is 21.9. The van der Waals surface area contributed by atoms with Gasteiger partial charge in [0.1, 0.15) is 5.75 Å². The average Bonchev–Trinajstić information content (AvgIpc) is 2.83. The Morgan fingerprint density at radius 1 is 1.06 bits per heavy atom. The minimum atomic E-state index is 0.134. The molecule has 1 fully saturated rings. The van der Waals surface area contributed by atoms with Gasteiger partial charge < -0.3 is 19.7 Å². The topological polar surface area (TPSA) is 54.0 Å². The number of piperidine rings is 1. The lowest BCUT2D eigenvalue weighted by molar-refractivity contribution is 0.266. The molecule has 0 amide bonds. The van der Waals surface area contributed by atoms with Crippen molar-refractivity contribution in [1.82, 2.24) is 4.67 Å². The lowest BCUT2D eigenvalue weighted by Crippen LogP contribution is -2.24. The fraction of sp³-hybridized carbons (Fsp3) is 0.500. The molecule has 7 heteroatoms. The summed E-state index contributed by atoms with van der Waals surface area (Å²) in [4.78, 5) is 0. The molecule has 2 N–H and O–H groups in total. The van der Waals surface area contributed by atoms with Gasteiger partial charge in [0.25, 0.3) is 0 Å². The zero-order valence-electron chi connectivity index (χ0n) is 18.3. The second-order valence-corrected chi connectivity index (χ2v) is 9.20. The Bertz CT molecular complexity index is 781. The highest BCUT2D eigenvalue weighted by molar-refractivity contribution is 7.13. The maximum absolute atomic E-state index is 8.91. The van der Waals surface area contributed by atoms with Crippen molar-refractivity contribution in [3.63, 3.8) is 0 Å². The van der Waals surface area contributed by atoms with Crippen LogP contribution in [0.5, 0.6) is 5.75 Å². The molecule has 1 saturated heterocycles. The van der Waals surface area contributed by atoms with E-state index in [2.05, 4.69) is 59.2 Å². The Balaban J connectivity index is 0.000000194. The van der Waals surface area contributed by atoms with Gasteiger partial charge in [-0.05, 0) is 66.5 Å². The van der Waals surface area contributed by atoms with Crippen molar-refractivity contribution in [3.8, 4) is 5.75 Å². The first-order chi connectivity index (χ1) is 15.2. The number of aliphatic hydroxyl groups excluding tert-OH is 1. The Labute approximate surface area is 191 Å².